The highest BCUT2D eigenvalue weighted by atomic mass is 35.5. The maximum Gasteiger partial charge on any atom is 0.335 e. The summed E-state index contributed by atoms with van der Waals surface area (Å²) in [6.07, 6.45) is 4.19. The number of benzene rings is 4. The van der Waals surface area contributed by atoms with Gasteiger partial charge in [0.05, 0.1) is 16.8 Å². The van der Waals surface area contributed by atoms with Gasteiger partial charge in [-0.25, -0.2) is 4.79 Å². The van der Waals surface area contributed by atoms with Gasteiger partial charge < -0.3 is 5.11 Å². The fourth-order valence-corrected chi connectivity index (χ4v) is 5.18. The summed E-state index contributed by atoms with van der Waals surface area (Å²) in [6.45, 7) is 0. The van der Waals surface area contributed by atoms with Gasteiger partial charge in [0.2, 0.25) is 0 Å². The molecule has 6 rings (SSSR count). The summed E-state index contributed by atoms with van der Waals surface area (Å²) in [5.41, 5.74) is 6.99. The Labute approximate surface area is 214 Å². The van der Waals surface area contributed by atoms with Crippen LogP contribution in [0.15, 0.2) is 91.0 Å². The highest BCUT2D eigenvalue weighted by Crippen LogP contribution is 2.49. The van der Waals surface area contributed by atoms with Gasteiger partial charge >= 0.3 is 5.97 Å². The standard InChI is InChI=1S/C31H22ClNO3/c32-27-10-4-8-23(20-12-13-20)25(27)18-26-29-24(19-6-2-1-3-7-19)9-5-11-28(29)33(30(26)34)22-16-14-21(15-17-22)31(35)36/h1-11,14-18,20H,12-13H2,(H,35,36)/b26-18-. The molecule has 0 saturated heterocycles. The fraction of sp³-hybridized carbons (Fsp3) is 0.0968. The molecule has 0 aromatic heterocycles. The van der Waals surface area contributed by atoms with Gasteiger partial charge in [-0.1, -0.05) is 66.2 Å². The molecular formula is C31H22ClNO3. The maximum atomic E-state index is 14.1. The molecule has 1 fully saturated rings. The van der Waals surface area contributed by atoms with Gasteiger partial charge in [0.1, 0.15) is 0 Å². The Balaban J connectivity index is 1.58. The predicted molar refractivity (Wildman–Crippen MR) is 144 cm³/mol. The summed E-state index contributed by atoms with van der Waals surface area (Å²) in [5, 5.41) is 9.95. The first-order chi connectivity index (χ1) is 17.5. The molecular weight excluding hydrogens is 470 g/mol. The van der Waals surface area contributed by atoms with Crippen LogP contribution in [0.3, 0.4) is 0 Å². The van der Waals surface area contributed by atoms with Gasteiger partial charge in [-0.15, -0.1) is 0 Å². The van der Waals surface area contributed by atoms with Crippen LogP contribution in [0.2, 0.25) is 5.02 Å². The Morgan fingerprint density at radius 1 is 0.889 bits per heavy atom. The van der Waals surface area contributed by atoms with Crippen LogP contribution in [0.5, 0.6) is 0 Å². The van der Waals surface area contributed by atoms with Gasteiger partial charge in [-0.05, 0) is 83.5 Å². The molecule has 4 aromatic carbocycles. The number of amides is 1. The van der Waals surface area contributed by atoms with Crippen molar-refractivity contribution >= 4 is 46.5 Å². The summed E-state index contributed by atoms with van der Waals surface area (Å²) in [5.74, 6) is -0.707. The number of fused-ring (bicyclic) bond motifs is 1. The monoisotopic (exact) mass is 491 g/mol. The van der Waals surface area contributed by atoms with E-state index in [4.69, 9.17) is 11.6 Å². The minimum atomic E-state index is -1.01. The van der Waals surface area contributed by atoms with E-state index in [1.165, 1.54) is 17.7 Å². The highest BCUT2D eigenvalue weighted by molar-refractivity contribution is 6.40. The average Bonchev–Trinajstić information content (AvgIpc) is 3.70. The summed E-state index contributed by atoms with van der Waals surface area (Å²) < 4.78 is 0. The number of carbonyl (C=O) groups excluding carboxylic acids is 1. The zero-order chi connectivity index (χ0) is 24.8. The molecule has 1 N–H and O–H groups in total. The van der Waals surface area contributed by atoms with Crippen LogP contribution in [0.1, 0.15) is 45.8 Å². The minimum Gasteiger partial charge on any atom is -0.478 e. The lowest BCUT2D eigenvalue weighted by atomic mass is 9.92. The van der Waals surface area contributed by atoms with Gasteiger partial charge in [-0.2, -0.15) is 0 Å². The van der Waals surface area contributed by atoms with Crippen molar-refractivity contribution in [2.45, 2.75) is 18.8 Å². The highest BCUT2D eigenvalue weighted by Gasteiger charge is 2.36. The number of halogens is 1. The molecule has 0 spiro atoms. The number of carbonyl (C=O) groups is 2. The Hall–Kier alpha value is -4.15. The third-order valence-electron chi connectivity index (χ3n) is 6.84. The molecule has 0 radical (unpaired) electrons. The molecule has 1 aliphatic carbocycles. The van der Waals surface area contributed by atoms with E-state index in [9.17, 15) is 14.7 Å². The van der Waals surface area contributed by atoms with E-state index in [0.29, 0.717) is 22.2 Å². The van der Waals surface area contributed by atoms with E-state index in [1.54, 1.807) is 17.0 Å². The molecule has 1 amide bonds. The average molecular weight is 492 g/mol. The smallest absolute Gasteiger partial charge is 0.335 e. The van der Waals surface area contributed by atoms with Crippen LogP contribution in [-0.4, -0.2) is 17.0 Å². The first-order valence-corrected chi connectivity index (χ1v) is 12.3. The zero-order valence-corrected chi connectivity index (χ0v) is 20.1. The third-order valence-corrected chi connectivity index (χ3v) is 7.17. The van der Waals surface area contributed by atoms with E-state index in [0.717, 1.165) is 40.8 Å². The van der Waals surface area contributed by atoms with Gasteiger partial charge in [0.15, 0.2) is 0 Å². The number of rotatable bonds is 5. The molecule has 0 atom stereocenters. The number of aromatic carboxylic acids is 1. The molecule has 0 bridgehead atoms. The van der Waals surface area contributed by atoms with E-state index in [-0.39, 0.29) is 11.5 Å². The van der Waals surface area contributed by atoms with Crippen molar-refractivity contribution in [2.75, 3.05) is 4.90 Å². The molecule has 2 aliphatic rings. The second-order valence-corrected chi connectivity index (χ2v) is 9.54. The van der Waals surface area contributed by atoms with Crippen molar-refractivity contribution in [3.05, 3.63) is 118 Å². The molecule has 4 aromatic rings. The molecule has 1 aliphatic heterocycles. The fourth-order valence-electron chi connectivity index (χ4n) is 4.95. The molecule has 4 nitrogen and oxygen atoms in total. The molecule has 1 heterocycles. The quantitative estimate of drug-likeness (QED) is 0.290. The lowest BCUT2D eigenvalue weighted by Crippen LogP contribution is -2.20. The number of hydrogen-bond acceptors (Lipinski definition) is 2. The van der Waals surface area contributed by atoms with Crippen LogP contribution < -0.4 is 4.90 Å². The normalized spacial score (nSPS) is 15.9. The maximum absolute atomic E-state index is 14.1. The van der Waals surface area contributed by atoms with Gasteiger partial charge in [0, 0.05) is 16.3 Å². The van der Waals surface area contributed by atoms with Gasteiger partial charge in [0.25, 0.3) is 5.91 Å². The Morgan fingerprint density at radius 2 is 1.61 bits per heavy atom. The predicted octanol–water partition coefficient (Wildman–Crippen LogP) is 7.80. The van der Waals surface area contributed by atoms with E-state index in [1.807, 2.05) is 66.7 Å². The van der Waals surface area contributed by atoms with E-state index < -0.39 is 5.97 Å². The number of hydrogen-bond donors (Lipinski definition) is 1. The van der Waals surface area contributed by atoms with Crippen molar-refractivity contribution in [1.82, 2.24) is 0 Å². The lowest BCUT2D eigenvalue weighted by molar-refractivity contribution is -0.112. The largest absolute Gasteiger partial charge is 0.478 e. The summed E-state index contributed by atoms with van der Waals surface area (Å²) in [7, 11) is 0. The Morgan fingerprint density at radius 3 is 2.31 bits per heavy atom. The number of carboxylic acids is 1. The first-order valence-electron chi connectivity index (χ1n) is 11.9. The molecule has 0 unspecified atom stereocenters. The number of anilines is 2. The van der Waals surface area contributed by atoms with Crippen molar-refractivity contribution < 1.29 is 14.7 Å². The van der Waals surface area contributed by atoms with Crippen molar-refractivity contribution in [2.24, 2.45) is 0 Å². The zero-order valence-electron chi connectivity index (χ0n) is 19.3. The van der Waals surface area contributed by atoms with E-state index >= 15 is 0 Å². The molecule has 36 heavy (non-hydrogen) atoms. The Bertz CT molecular complexity index is 1540. The van der Waals surface area contributed by atoms with Crippen LogP contribution >= 0.6 is 11.6 Å². The van der Waals surface area contributed by atoms with Crippen molar-refractivity contribution in [3.63, 3.8) is 0 Å². The van der Waals surface area contributed by atoms with Gasteiger partial charge in [-0.3, -0.25) is 9.69 Å². The summed E-state index contributed by atoms with van der Waals surface area (Å²) in [6, 6.07) is 28.2. The third kappa shape index (κ3) is 3.80. The number of nitrogens with zero attached hydrogens (tertiary/aromatic N) is 1. The van der Waals surface area contributed by atoms with Crippen LogP contribution in [-0.2, 0) is 4.79 Å². The summed E-state index contributed by atoms with van der Waals surface area (Å²) >= 11 is 6.69. The Kier molecular flexibility index (Phi) is 5.46. The minimum absolute atomic E-state index is 0.168. The summed E-state index contributed by atoms with van der Waals surface area (Å²) in [4.78, 5) is 27.1. The molecule has 5 heteroatoms. The van der Waals surface area contributed by atoms with Crippen LogP contribution in [0.4, 0.5) is 11.4 Å². The second kappa shape index (κ2) is 8.81. The van der Waals surface area contributed by atoms with Crippen LogP contribution in [0.25, 0.3) is 22.8 Å². The topological polar surface area (TPSA) is 57.6 Å². The lowest BCUT2D eigenvalue weighted by Gasteiger charge is -2.18. The van der Waals surface area contributed by atoms with Crippen molar-refractivity contribution in [3.8, 4) is 11.1 Å². The molecule has 176 valence electrons. The van der Waals surface area contributed by atoms with E-state index in [2.05, 4.69) is 6.07 Å². The molecule has 1 saturated carbocycles. The second-order valence-electron chi connectivity index (χ2n) is 9.13. The van der Waals surface area contributed by atoms with Crippen molar-refractivity contribution in [1.29, 1.82) is 0 Å². The first kappa shape index (κ1) is 22.3. The number of carboxylic acid groups (broad SMARTS) is 1. The SMILES string of the molecule is O=C(O)c1ccc(N2C(=O)/C(=C\c3c(Cl)cccc3C3CC3)c3c(-c4ccccc4)cccc32)cc1. The van der Waals surface area contributed by atoms with Crippen LogP contribution in [0, 0.1) is 0 Å².